The van der Waals surface area contributed by atoms with Crippen molar-refractivity contribution >= 4 is 11.8 Å². The zero-order valence-corrected chi connectivity index (χ0v) is 13.8. The van der Waals surface area contributed by atoms with Crippen LogP contribution in [0.15, 0.2) is 30.3 Å². The lowest BCUT2D eigenvalue weighted by Gasteiger charge is -2.38. The molecule has 0 aliphatic carbocycles. The summed E-state index contributed by atoms with van der Waals surface area (Å²) in [6, 6.07) is 12.0. The smallest absolute Gasteiger partial charge is 0.0473 e. The molecule has 2 nitrogen and oxygen atoms in total. The van der Waals surface area contributed by atoms with Gasteiger partial charge in [0.25, 0.3) is 0 Å². The third kappa shape index (κ3) is 4.51. The van der Waals surface area contributed by atoms with E-state index in [4.69, 9.17) is 0 Å². The van der Waals surface area contributed by atoms with Crippen LogP contribution in [0.5, 0.6) is 0 Å². The van der Waals surface area contributed by atoms with Crippen LogP contribution in [-0.2, 0) is 0 Å². The molecule has 0 spiro atoms. The summed E-state index contributed by atoms with van der Waals surface area (Å²) in [6.07, 6.45) is 1.28. The van der Waals surface area contributed by atoms with Crippen LogP contribution in [0.4, 0.5) is 0 Å². The highest BCUT2D eigenvalue weighted by Crippen LogP contribution is 2.28. The summed E-state index contributed by atoms with van der Waals surface area (Å²) in [5.74, 6) is 1.27. The number of thioether (sulfide) groups is 1. The van der Waals surface area contributed by atoms with E-state index in [0.29, 0.717) is 12.1 Å². The van der Waals surface area contributed by atoms with Crippen molar-refractivity contribution in [2.45, 2.75) is 44.5 Å². The predicted molar refractivity (Wildman–Crippen MR) is 90.4 cm³/mol. The van der Waals surface area contributed by atoms with Gasteiger partial charge in [0.15, 0.2) is 0 Å². The van der Waals surface area contributed by atoms with E-state index < -0.39 is 0 Å². The SMILES string of the molecule is CCC1CN(C(CNC(C)C)c2ccccc2)CCS1. The standard InChI is InChI=1S/C17H28N2S/c1-4-16-13-19(10-11-20-16)17(12-18-14(2)3)15-8-6-5-7-9-15/h5-9,14,16-18H,4,10-13H2,1-3H3. The first-order valence-electron chi connectivity index (χ1n) is 7.84. The van der Waals surface area contributed by atoms with Crippen molar-refractivity contribution in [3.63, 3.8) is 0 Å². The second-order valence-corrected chi connectivity index (χ2v) is 7.29. The van der Waals surface area contributed by atoms with Crippen molar-refractivity contribution in [2.75, 3.05) is 25.4 Å². The number of hydrogen-bond acceptors (Lipinski definition) is 3. The molecule has 0 radical (unpaired) electrons. The Hall–Kier alpha value is -0.510. The maximum atomic E-state index is 3.63. The maximum Gasteiger partial charge on any atom is 0.0473 e. The van der Waals surface area contributed by atoms with E-state index in [1.54, 1.807) is 0 Å². The maximum absolute atomic E-state index is 3.63. The summed E-state index contributed by atoms with van der Waals surface area (Å²) in [7, 11) is 0. The second-order valence-electron chi connectivity index (χ2n) is 5.89. The molecular weight excluding hydrogens is 264 g/mol. The molecule has 1 saturated heterocycles. The topological polar surface area (TPSA) is 15.3 Å². The summed E-state index contributed by atoms with van der Waals surface area (Å²) >= 11 is 2.14. The van der Waals surface area contributed by atoms with Crippen LogP contribution in [0, 0.1) is 0 Å². The molecule has 112 valence electrons. The van der Waals surface area contributed by atoms with Gasteiger partial charge >= 0.3 is 0 Å². The van der Waals surface area contributed by atoms with Gasteiger partial charge in [-0.25, -0.2) is 0 Å². The van der Waals surface area contributed by atoms with Crippen LogP contribution in [0.2, 0.25) is 0 Å². The first kappa shape index (κ1) is 15.9. The Bertz CT molecular complexity index is 380. The lowest BCUT2D eigenvalue weighted by atomic mass is 10.0. The quantitative estimate of drug-likeness (QED) is 0.863. The molecule has 0 saturated carbocycles. The zero-order chi connectivity index (χ0) is 14.4. The van der Waals surface area contributed by atoms with Crippen molar-refractivity contribution in [3.05, 3.63) is 35.9 Å². The molecule has 2 rings (SSSR count). The molecule has 2 unspecified atom stereocenters. The minimum Gasteiger partial charge on any atom is -0.313 e. The molecule has 3 heteroatoms. The number of nitrogens with one attached hydrogen (secondary N) is 1. The van der Waals surface area contributed by atoms with Crippen LogP contribution in [-0.4, -0.2) is 41.6 Å². The van der Waals surface area contributed by atoms with Crippen LogP contribution in [0.25, 0.3) is 0 Å². The molecule has 1 fully saturated rings. The van der Waals surface area contributed by atoms with E-state index in [2.05, 4.69) is 73.1 Å². The normalized spacial score (nSPS) is 22.1. The largest absolute Gasteiger partial charge is 0.313 e. The molecular formula is C17H28N2S. The van der Waals surface area contributed by atoms with Gasteiger partial charge in [0, 0.05) is 42.7 Å². The molecule has 0 aromatic heterocycles. The first-order valence-corrected chi connectivity index (χ1v) is 8.89. The minimum absolute atomic E-state index is 0.508. The Balaban J connectivity index is 2.09. The first-order chi connectivity index (χ1) is 9.70. The third-order valence-electron chi connectivity index (χ3n) is 3.97. The summed E-state index contributed by atoms with van der Waals surface area (Å²) in [5, 5.41) is 4.43. The van der Waals surface area contributed by atoms with E-state index in [9.17, 15) is 0 Å². The average molecular weight is 292 g/mol. The van der Waals surface area contributed by atoms with E-state index in [-0.39, 0.29) is 0 Å². The van der Waals surface area contributed by atoms with Gasteiger partial charge in [-0.2, -0.15) is 11.8 Å². The summed E-state index contributed by atoms with van der Waals surface area (Å²) < 4.78 is 0. The van der Waals surface area contributed by atoms with Gasteiger partial charge in [0.05, 0.1) is 0 Å². The number of nitrogens with zero attached hydrogens (tertiary/aromatic N) is 1. The molecule has 1 aliphatic rings. The monoisotopic (exact) mass is 292 g/mol. The van der Waals surface area contributed by atoms with E-state index in [1.807, 2.05) is 0 Å². The average Bonchev–Trinajstić information content (AvgIpc) is 2.48. The van der Waals surface area contributed by atoms with Gasteiger partial charge in [-0.15, -0.1) is 0 Å². The molecule has 1 heterocycles. The van der Waals surface area contributed by atoms with Gasteiger partial charge in [-0.3, -0.25) is 4.90 Å². The van der Waals surface area contributed by atoms with Gasteiger partial charge in [-0.05, 0) is 12.0 Å². The number of benzene rings is 1. The van der Waals surface area contributed by atoms with Gasteiger partial charge in [-0.1, -0.05) is 51.1 Å². The Morgan fingerprint density at radius 3 is 2.70 bits per heavy atom. The molecule has 1 aliphatic heterocycles. The van der Waals surface area contributed by atoms with Crippen molar-refractivity contribution in [2.24, 2.45) is 0 Å². The number of hydrogen-bond donors (Lipinski definition) is 1. The number of rotatable bonds is 6. The highest BCUT2D eigenvalue weighted by Gasteiger charge is 2.26. The van der Waals surface area contributed by atoms with Crippen molar-refractivity contribution in [1.29, 1.82) is 0 Å². The molecule has 1 aromatic rings. The molecule has 1 N–H and O–H groups in total. The summed E-state index contributed by atoms with van der Waals surface area (Å²) in [5.41, 5.74) is 1.45. The fraction of sp³-hybridized carbons (Fsp3) is 0.647. The summed E-state index contributed by atoms with van der Waals surface area (Å²) in [6.45, 7) is 10.2. The van der Waals surface area contributed by atoms with Gasteiger partial charge in [0.1, 0.15) is 0 Å². The van der Waals surface area contributed by atoms with Crippen molar-refractivity contribution in [3.8, 4) is 0 Å². The molecule has 1 aromatic carbocycles. The Labute approximate surface area is 128 Å². The van der Waals surface area contributed by atoms with Crippen LogP contribution < -0.4 is 5.32 Å². The molecule has 2 atom stereocenters. The molecule has 0 amide bonds. The van der Waals surface area contributed by atoms with Crippen LogP contribution in [0.3, 0.4) is 0 Å². The van der Waals surface area contributed by atoms with Crippen LogP contribution in [0.1, 0.15) is 38.8 Å². The van der Waals surface area contributed by atoms with E-state index in [0.717, 1.165) is 11.8 Å². The highest BCUT2D eigenvalue weighted by molar-refractivity contribution is 8.00. The van der Waals surface area contributed by atoms with Crippen LogP contribution >= 0.6 is 11.8 Å². The Morgan fingerprint density at radius 2 is 2.05 bits per heavy atom. The molecule has 0 bridgehead atoms. The highest BCUT2D eigenvalue weighted by atomic mass is 32.2. The van der Waals surface area contributed by atoms with E-state index >= 15 is 0 Å². The minimum atomic E-state index is 0.508. The van der Waals surface area contributed by atoms with Gasteiger partial charge < -0.3 is 5.32 Å². The second kappa shape index (κ2) is 8.06. The lowest BCUT2D eigenvalue weighted by molar-refractivity contribution is 0.195. The fourth-order valence-corrected chi connectivity index (χ4v) is 3.96. The predicted octanol–water partition coefficient (Wildman–Crippen LogP) is 3.55. The molecule has 20 heavy (non-hydrogen) atoms. The lowest BCUT2D eigenvalue weighted by Crippen LogP contribution is -2.44. The van der Waals surface area contributed by atoms with Crippen molar-refractivity contribution in [1.82, 2.24) is 10.2 Å². The fourth-order valence-electron chi connectivity index (χ4n) is 2.75. The third-order valence-corrected chi connectivity index (χ3v) is 5.34. The Kier molecular flexibility index (Phi) is 6.40. The van der Waals surface area contributed by atoms with Gasteiger partial charge in [0.2, 0.25) is 0 Å². The van der Waals surface area contributed by atoms with E-state index in [1.165, 1.54) is 30.8 Å². The zero-order valence-electron chi connectivity index (χ0n) is 13.0. The summed E-state index contributed by atoms with van der Waals surface area (Å²) in [4.78, 5) is 2.68. The van der Waals surface area contributed by atoms with Crippen molar-refractivity contribution < 1.29 is 0 Å². The Morgan fingerprint density at radius 1 is 1.30 bits per heavy atom.